The summed E-state index contributed by atoms with van der Waals surface area (Å²) in [6.07, 6.45) is 4.58. The van der Waals surface area contributed by atoms with Crippen molar-refractivity contribution in [2.45, 2.75) is 58.6 Å². The van der Waals surface area contributed by atoms with E-state index in [0.29, 0.717) is 6.04 Å². The number of nitrogens with one attached hydrogen (secondary N) is 1. The summed E-state index contributed by atoms with van der Waals surface area (Å²) in [5, 5.41) is 2.08. The summed E-state index contributed by atoms with van der Waals surface area (Å²) in [5.74, 6) is 0. The van der Waals surface area contributed by atoms with Gasteiger partial charge in [0.2, 0.25) is 0 Å². The van der Waals surface area contributed by atoms with Crippen LogP contribution in [0, 0.1) is 0 Å². The molecular weight excluding hydrogens is 254 g/mol. The molecule has 1 N–H and O–H groups in total. The van der Waals surface area contributed by atoms with Crippen molar-refractivity contribution in [2.24, 2.45) is 0 Å². The summed E-state index contributed by atoms with van der Waals surface area (Å²) >= 11 is 0. The van der Waals surface area contributed by atoms with E-state index in [2.05, 4.69) is 23.9 Å². The SMILES string of the molecule is C=CN(NCCC)C1CCN(C(=O)OC(C)(C)C)CC1. The van der Waals surface area contributed by atoms with Crippen molar-refractivity contribution in [3.63, 3.8) is 0 Å². The van der Waals surface area contributed by atoms with Crippen molar-refractivity contribution in [3.05, 3.63) is 12.8 Å². The molecule has 0 radical (unpaired) electrons. The monoisotopic (exact) mass is 283 g/mol. The second-order valence-corrected chi connectivity index (χ2v) is 6.20. The van der Waals surface area contributed by atoms with Crippen LogP contribution < -0.4 is 5.43 Å². The van der Waals surface area contributed by atoms with Crippen LogP contribution in [0.3, 0.4) is 0 Å². The van der Waals surface area contributed by atoms with E-state index < -0.39 is 5.60 Å². The average molecular weight is 283 g/mol. The molecule has 1 fully saturated rings. The summed E-state index contributed by atoms with van der Waals surface area (Å²) in [4.78, 5) is 13.8. The third-order valence-corrected chi connectivity index (χ3v) is 3.25. The Bertz CT molecular complexity index is 318. The number of hydrogen-bond acceptors (Lipinski definition) is 4. The molecule has 5 nitrogen and oxygen atoms in total. The number of carbonyl (C=O) groups is 1. The molecule has 20 heavy (non-hydrogen) atoms. The lowest BCUT2D eigenvalue weighted by atomic mass is 10.1. The fraction of sp³-hybridized carbons (Fsp3) is 0.800. The first-order valence-electron chi connectivity index (χ1n) is 7.49. The van der Waals surface area contributed by atoms with Gasteiger partial charge in [-0.05, 0) is 40.0 Å². The molecule has 0 bridgehead atoms. The van der Waals surface area contributed by atoms with Gasteiger partial charge in [0, 0.05) is 31.9 Å². The van der Waals surface area contributed by atoms with Crippen molar-refractivity contribution in [1.82, 2.24) is 15.3 Å². The summed E-state index contributed by atoms with van der Waals surface area (Å²) in [6, 6.07) is 0.401. The molecule has 1 amide bonds. The molecule has 0 unspecified atom stereocenters. The highest BCUT2D eigenvalue weighted by Gasteiger charge is 2.28. The van der Waals surface area contributed by atoms with Crippen molar-refractivity contribution >= 4 is 6.09 Å². The standard InChI is InChI=1S/C15H29N3O2/c1-6-10-16-18(7-2)13-8-11-17(12-9-13)14(19)20-15(3,4)5/h7,13,16H,2,6,8-12H2,1,3-5H3. The number of carbonyl (C=O) groups excluding carboxylic acids is 1. The molecule has 1 heterocycles. The van der Waals surface area contributed by atoms with Crippen LogP contribution in [0.2, 0.25) is 0 Å². The van der Waals surface area contributed by atoms with Gasteiger partial charge in [0.05, 0.1) is 0 Å². The molecule has 5 heteroatoms. The molecule has 0 aromatic heterocycles. The highest BCUT2D eigenvalue weighted by molar-refractivity contribution is 5.68. The zero-order valence-electron chi connectivity index (χ0n) is 13.3. The first kappa shape index (κ1) is 16.8. The number of nitrogens with zero attached hydrogens (tertiary/aromatic N) is 2. The zero-order chi connectivity index (χ0) is 15.2. The quantitative estimate of drug-likeness (QED) is 0.788. The molecule has 0 aromatic rings. The highest BCUT2D eigenvalue weighted by Crippen LogP contribution is 2.18. The Hall–Kier alpha value is -1.23. The number of ether oxygens (including phenoxy) is 1. The zero-order valence-corrected chi connectivity index (χ0v) is 13.3. The number of likely N-dealkylation sites (tertiary alicyclic amines) is 1. The van der Waals surface area contributed by atoms with Crippen LogP contribution in [-0.4, -0.2) is 47.3 Å². The molecule has 0 aromatic carbocycles. The van der Waals surface area contributed by atoms with Gasteiger partial charge < -0.3 is 14.6 Å². The predicted octanol–water partition coefficient (Wildman–Crippen LogP) is 2.75. The Morgan fingerprint density at radius 1 is 1.45 bits per heavy atom. The Kier molecular flexibility index (Phi) is 6.33. The highest BCUT2D eigenvalue weighted by atomic mass is 16.6. The van der Waals surface area contributed by atoms with E-state index in [1.807, 2.05) is 27.0 Å². The van der Waals surface area contributed by atoms with Crippen LogP contribution in [0.5, 0.6) is 0 Å². The molecule has 0 aliphatic carbocycles. The van der Waals surface area contributed by atoms with E-state index in [9.17, 15) is 4.79 Å². The largest absolute Gasteiger partial charge is 0.444 e. The molecule has 1 aliphatic heterocycles. The van der Waals surface area contributed by atoms with Gasteiger partial charge in [-0.3, -0.25) is 0 Å². The van der Waals surface area contributed by atoms with Gasteiger partial charge in [-0.15, -0.1) is 0 Å². The van der Waals surface area contributed by atoms with Gasteiger partial charge in [-0.1, -0.05) is 13.5 Å². The second kappa shape index (κ2) is 7.53. The molecule has 1 saturated heterocycles. The first-order valence-corrected chi connectivity index (χ1v) is 7.49. The van der Waals surface area contributed by atoms with Crippen LogP contribution in [-0.2, 0) is 4.74 Å². The Balaban J connectivity index is 2.42. The maximum atomic E-state index is 12.0. The molecule has 0 saturated carbocycles. The maximum Gasteiger partial charge on any atom is 0.410 e. The van der Waals surface area contributed by atoms with Gasteiger partial charge in [-0.2, -0.15) is 0 Å². The Labute approximate surface area is 122 Å². The number of piperidine rings is 1. The van der Waals surface area contributed by atoms with E-state index in [4.69, 9.17) is 4.74 Å². The summed E-state index contributed by atoms with van der Waals surface area (Å²) < 4.78 is 5.40. The van der Waals surface area contributed by atoms with Crippen LogP contribution >= 0.6 is 0 Å². The lowest BCUT2D eigenvalue weighted by molar-refractivity contribution is 0.0144. The lowest BCUT2D eigenvalue weighted by Gasteiger charge is -2.38. The third kappa shape index (κ3) is 5.41. The van der Waals surface area contributed by atoms with E-state index in [0.717, 1.165) is 38.9 Å². The van der Waals surface area contributed by atoms with Gasteiger partial charge >= 0.3 is 6.09 Å². The van der Waals surface area contributed by atoms with E-state index in [1.165, 1.54) is 0 Å². The van der Waals surface area contributed by atoms with E-state index >= 15 is 0 Å². The van der Waals surface area contributed by atoms with E-state index in [-0.39, 0.29) is 6.09 Å². The second-order valence-electron chi connectivity index (χ2n) is 6.20. The Morgan fingerprint density at radius 2 is 2.05 bits per heavy atom. The fourth-order valence-electron chi connectivity index (χ4n) is 2.24. The van der Waals surface area contributed by atoms with Crippen molar-refractivity contribution in [3.8, 4) is 0 Å². The minimum absolute atomic E-state index is 0.206. The number of hydrazine groups is 1. The van der Waals surface area contributed by atoms with Crippen molar-refractivity contribution in [2.75, 3.05) is 19.6 Å². The lowest BCUT2D eigenvalue weighted by Crippen LogP contribution is -2.50. The van der Waals surface area contributed by atoms with Crippen LogP contribution in [0.15, 0.2) is 12.8 Å². The topological polar surface area (TPSA) is 44.8 Å². The number of hydrogen-bond donors (Lipinski definition) is 1. The van der Waals surface area contributed by atoms with E-state index in [1.54, 1.807) is 4.90 Å². The third-order valence-electron chi connectivity index (χ3n) is 3.25. The minimum Gasteiger partial charge on any atom is -0.444 e. The average Bonchev–Trinajstić information content (AvgIpc) is 2.38. The predicted molar refractivity (Wildman–Crippen MR) is 81.2 cm³/mol. The summed E-state index contributed by atoms with van der Waals surface area (Å²) in [5.41, 5.74) is 2.92. The van der Waals surface area contributed by atoms with Crippen LogP contribution in [0.4, 0.5) is 4.79 Å². The van der Waals surface area contributed by atoms with Crippen molar-refractivity contribution in [1.29, 1.82) is 0 Å². The summed E-state index contributed by atoms with van der Waals surface area (Å²) in [7, 11) is 0. The molecule has 1 rings (SSSR count). The minimum atomic E-state index is -0.427. The van der Waals surface area contributed by atoms with Gasteiger partial charge in [0.15, 0.2) is 0 Å². The normalized spacial score (nSPS) is 16.9. The molecular formula is C15H29N3O2. The molecule has 116 valence electrons. The molecule has 0 atom stereocenters. The van der Waals surface area contributed by atoms with Gasteiger partial charge in [-0.25, -0.2) is 10.2 Å². The van der Waals surface area contributed by atoms with Crippen LogP contribution in [0.1, 0.15) is 47.0 Å². The fourth-order valence-corrected chi connectivity index (χ4v) is 2.24. The number of rotatable bonds is 5. The Morgan fingerprint density at radius 3 is 2.50 bits per heavy atom. The van der Waals surface area contributed by atoms with Gasteiger partial charge in [0.1, 0.15) is 5.60 Å². The summed E-state index contributed by atoms with van der Waals surface area (Å²) in [6.45, 7) is 14.1. The first-order chi connectivity index (χ1) is 9.37. The molecule has 0 spiro atoms. The van der Waals surface area contributed by atoms with Gasteiger partial charge in [0.25, 0.3) is 0 Å². The molecule has 1 aliphatic rings. The number of amides is 1. The smallest absolute Gasteiger partial charge is 0.410 e. The van der Waals surface area contributed by atoms with Crippen molar-refractivity contribution < 1.29 is 9.53 Å². The van der Waals surface area contributed by atoms with Crippen LogP contribution in [0.25, 0.3) is 0 Å². The maximum absolute atomic E-state index is 12.0.